The van der Waals surface area contributed by atoms with Crippen LogP contribution < -0.4 is 10.1 Å². The van der Waals surface area contributed by atoms with Crippen LogP contribution in [0.3, 0.4) is 0 Å². The largest absolute Gasteiger partial charge is 0.489 e. The number of hydrogen-bond acceptors (Lipinski definition) is 6. The van der Waals surface area contributed by atoms with E-state index in [1.54, 1.807) is 12.1 Å². The summed E-state index contributed by atoms with van der Waals surface area (Å²) >= 11 is 0. The zero-order valence-electron chi connectivity index (χ0n) is 24.0. The Morgan fingerprint density at radius 2 is 1.83 bits per heavy atom. The van der Waals surface area contributed by atoms with Crippen LogP contribution in [0.5, 0.6) is 5.75 Å². The number of ether oxygens (including phenoxy) is 1. The molecule has 1 fully saturated rings. The average molecular weight is 591 g/mol. The molecule has 0 spiro atoms. The Bertz CT molecular complexity index is 1390. The minimum absolute atomic E-state index is 0.0285. The molecule has 222 valence electrons. The topological polar surface area (TPSA) is 95.3 Å². The first-order chi connectivity index (χ1) is 19.2. The van der Waals surface area contributed by atoms with Crippen molar-refractivity contribution in [3.05, 3.63) is 47.9 Å². The molecule has 2 heterocycles. The number of pyridine rings is 1. The molecule has 0 aliphatic heterocycles. The van der Waals surface area contributed by atoms with Crippen LogP contribution in [0, 0.1) is 5.92 Å². The third-order valence-corrected chi connectivity index (χ3v) is 12.6. The number of alkyl halides is 3. The van der Waals surface area contributed by atoms with E-state index in [2.05, 4.69) is 44.2 Å². The Morgan fingerprint density at radius 1 is 1.12 bits per heavy atom. The summed E-state index contributed by atoms with van der Waals surface area (Å²) in [5.74, 6) is -0.389. The predicted molar refractivity (Wildman–Crippen MR) is 153 cm³/mol. The van der Waals surface area contributed by atoms with Crippen molar-refractivity contribution in [1.29, 1.82) is 0 Å². The second-order valence-corrected chi connectivity index (χ2v) is 16.8. The molecule has 8 nitrogen and oxygen atoms in total. The van der Waals surface area contributed by atoms with Crippen molar-refractivity contribution in [1.82, 2.24) is 14.8 Å². The quantitative estimate of drug-likeness (QED) is 0.163. The smallest absolute Gasteiger partial charge is 0.433 e. The number of benzene rings is 1. The Kier molecular flexibility index (Phi) is 8.93. The summed E-state index contributed by atoms with van der Waals surface area (Å²) in [4.78, 5) is 27.7. The minimum atomic E-state index is -4.67. The zero-order chi connectivity index (χ0) is 30.0. The molecule has 0 radical (unpaired) electrons. The Morgan fingerprint density at radius 3 is 2.46 bits per heavy atom. The number of aromatic nitrogens is 3. The van der Waals surface area contributed by atoms with Gasteiger partial charge in [0.2, 0.25) is 0 Å². The van der Waals surface area contributed by atoms with Gasteiger partial charge < -0.3 is 19.3 Å². The van der Waals surface area contributed by atoms with Gasteiger partial charge in [-0.25, -0.2) is 4.98 Å². The monoisotopic (exact) mass is 590 g/mol. The van der Waals surface area contributed by atoms with Gasteiger partial charge in [0.05, 0.1) is 23.9 Å². The van der Waals surface area contributed by atoms with E-state index in [1.165, 1.54) is 6.07 Å². The lowest BCUT2D eigenvalue weighted by molar-refractivity contribution is -0.141. The van der Waals surface area contributed by atoms with E-state index in [0.717, 1.165) is 49.5 Å². The second kappa shape index (κ2) is 11.9. The summed E-state index contributed by atoms with van der Waals surface area (Å²) in [6.07, 6.45) is 1.49. The van der Waals surface area contributed by atoms with Crippen LogP contribution in [-0.2, 0) is 15.4 Å². The number of carbonyl (C=O) groups is 2. The van der Waals surface area contributed by atoms with Crippen LogP contribution in [0.2, 0.25) is 18.1 Å². The minimum Gasteiger partial charge on any atom is -0.489 e. The molecule has 1 N–H and O–H groups in total. The van der Waals surface area contributed by atoms with Gasteiger partial charge in [0.15, 0.2) is 8.32 Å². The second-order valence-electron chi connectivity index (χ2n) is 12.0. The summed E-state index contributed by atoms with van der Waals surface area (Å²) in [7, 11) is -2.00. The maximum Gasteiger partial charge on any atom is 0.433 e. The molecular weight excluding hydrogens is 553 g/mol. The Balaban J connectivity index is 1.59. The van der Waals surface area contributed by atoms with Crippen molar-refractivity contribution in [3.8, 4) is 5.75 Å². The molecule has 1 aliphatic carbocycles. The molecule has 1 aromatic carbocycles. The summed E-state index contributed by atoms with van der Waals surface area (Å²) in [6, 6.07) is 6.75. The summed E-state index contributed by atoms with van der Waals surface area (Å²) in [5, 5.41) is 8.18. The fourth-order valence-corrected chi connectivity index (χ4v) is 5.57. The van der Waals surface area contributed by atoms with Crippen LogP contribution in [0.4, 0.5) is 18.9 Å². The first kappa shape index (κ1) is 30.7. The average Bonchev–Trinajstić information content (AvgIpc) is 3.33. The molecule has 0 atom stereocenters. The third-order valence-electron chi connectivity index (χ3n) is 8.06. The van der Waals surface area contributed by atoms with Crippen LogP contribution in [0.25, 0.3) is 10.9 Å². The van der Waals surface area contributed by atoms with Gasteiger partial charge in [0.1, 0.15) is 30.0 Å². The molecular formula is C29H37F3N4O4Si. The zero-order valence-corrected chi connectivity index (χ0v) is 25.0. The van der Waals surface area contributed by atoms with Crippen molar-refractivity contribution in [2.75, 3.05) is 18.5 Å². The Labute approximate surface area is 238 Å². The van der Waals surface area contributed by atoms with Crippen LogP contribution in [-0.4, -0.2) is 48.5 Å². The highest BCUT2D eigenvalue weighted by Gasteiger charge is 2.37. The maximum atomic E-state index is 13.2. The molecule has 1 saturated carbocycles. The summed E-state index contributed by atoms with van der Waals surface area (Å²) in [5.41, 5.74) is -0.573. The number of hydrogen-bond donors (Lipinski definition) is 1. The van der Waals surface area contributed by atoms with E-state index in [4.69, 9.17) is 14.3 Å². The van der Waals surface area contributed by atoms with Gasteiger partial charge in [-0.15, -0.1) is 0 Å². The SMILES string of the molecule is CC(C)(C)[Si](C)(C)OCCOc1cc2nn(C3CCC(C=O)CC3)cc2cc1NC(=O)c1cccc(C(F)(F)F)n1. The lowest BCUT2D eigenvalue weighted by atomic mass is 9.87. The fourth-order valence-electron chi connectivity index (χ4n) is 4.55. The van der Waals surface area contributed by atoms with Crippen molar-refractivity contribution in [3.63, 3.8) is 0 Å². The molecule has 3 aromatic rings. The number of nitrogens with zero attached hydrogens (tertiary/aromatic N) is 3. The van der Waals surface area contributed by atoms with Gasteiger partial charge in [-0.2, -0.15) is 18.3 Å². The van der Waals surface area contributed by atoms with E-state index in [9.17, 15) is 22.8 Å². The number of nitrogens with one attached hydrogen (secondary N) is 1. The van der Waals surface area contributed by atoms with Gasteiger partial charge in [-0.1, -0.05) is 26.8 Å². The number of anilines is 1. The normalized spacial score (nSPS) is 18.3. The van der Waals surface area contributed by atoms with Crippen molar-refractivity contribution >= 4 is 37.1 Å². The highest BCUT2D eigenvalue weighted by Crippen LogP contribution is 2.37. The summed E-state index contributed by atoms with van der Waals surface area (Å²) < 4.78 is 53.7. The van der Waals surface area contributed by atoms with E-state index in [0.29, 0.717) is 23.6 Å². The first-order valence-electron chi connectivity index (χ1n) is 13.8. The predicted octanol–water partition coefficient (Wildman–Crippen LogP) is 7.03. The number of fused-ring (bicyclic) bond motifs is 1. The van der Waals surface area contributed by atoms with Crippen molar-refractivity contribution in [2.24, 2.45) is 5.92 Å². The molecule has 1 amide bonds. The number of aldehydes is 1. The first-order valence-corrected chi connectivity index (χ1v) is 16.7. The lowest BCUT2D eigenvalue weighted by Gasteiger charge is -2.36. The molecule has 41 heavy (non-hydrogen) atoms. The molecule has 2 aromatic heterocycles. The third kappa shape index (κ3) is 7.34. The maximum absolute atomic E-state index is 13.2. The number of amides is 1. The van der Waals surface area contributed by atoms with Crippen LogP contribution in [0.1, 0.15) is 68.7 Å². The molecule has 0 unspecified atom stereocenters. The van der Waals surface area contributed by atoms with E-state index in [1.807, 2.05) is 10.9 Å². The highest BCUT2D eigenvalue weighted by molar-refractivity contribution is 6.74. The highest BCUT2D eigenvalue weighted by atomic mass is 28.4. The number of rotatable bonds is 9. The molecule has 12 heteroatoms. The van der Waals surface area contributed by atoms with Gasteiger partial charge >= 0.3 is 6.18 Å². The van der Waals surface area contributed by atoms with Crippen LogP contribution in [0.15, 0.2) is 36.5 Å². The molecule has 0 saturated heterocycles. The van der Waals surface area contributed by atoms with Crippen molar-refractivity contribution in [2.45, 2.75) is 76.8 Å². The molecule has 4 rings (SSSR count). The van der Waals surface area contributed by atoms with E-state index < -0.39 is 26.1 Å². The number of carbonyl (C=O) groups excluding carboxylic acids is 2. The number of halogens is 3. The Hall–Kier alpha value is -3.25. The van der Waals surface area contributed by atoms with Crippen LogP contribution >= 0.6 is 0 Å². The van der Waals surface area contributed by atoms with E-state index in [-0.39, 0.29) is 29.3 Å². The van der Waals surface area contributed by atoms with Gasteiger partial charge in [-0.05, 0) is 62.0 Å². The fraction of sp³-hybridized carbons (Fsp3) is 0.517. The summed E-state index contributed by atoms with van der Waals surface area (Å²) in [6.45, 7) is 11.3. The van der Waals surface area contributed by atoms with Gasteiger partial charge in [0, 0.05) is 23.6 Å². The molecule has 1 aliphatic rings. The lowest BCUT2D eigenvalue weighted by Crippen LogP contribution is -2.41. The van der Waals surface area contributed by atoms with Gasteiger partial charge in [0.25, 0.3) is 5.91 Å². The standard InChI is InChI=1S/C29H37F3N4O4Si/c1-28(2,3)41(4,5)40-14-13-39-25-16-23-20(17-36(35-23)21-11-9-19(18-37)10-12-21)15-24(25)34-27(38)22-7-6-8-26(33-22)29(30,31)32/h6-8,15-19,21H,9-14H2,1-5H3,(H,34,38). The van der Waals surface area contributed by atoms with Crippen molar-refractivity contribution < 1.29 is 31.9 Å². The molecule has 0 bridgehead atoms. The van der Waals surface area contributed by atoms with E-state index >= 15 is 0 Å². The van der Waals surface area contributed by atoms with Gasteiger partial charge in [-0.3, -0.25) is 9.48 Å².